The number of hydrogen-bond acceptors (Lipinski definition) is 2. The van der Waals surface area contributed by atoms with Crippen molar-refractivity contribution in [3.05, 3.63) is 24.0 Å². The van der Waals surface area contributed by atoms with E-state index < -0.39 is 0 Å². The van der Waals surface area contributed by atoms with Crippen molar-refractivity contribution in [1.29, 1.82) is 0 Å². The Kier molecular flexibility index (Phi) is 2.96. The fourth-order valence-corrected chi connectivity index (χ4v) is 3.59. The fourth-order valence-electron chi connectivity index (χ4n) is 3.59. The quantitative estimate of drug-likeness (QED) is 0.849. The number of hydrogen-bond donors (Lipinski definition) is 1. The smallest absolute Gasteiger partial charge is 0.201 e. The van der Waals surface area contributed by atoms with Gasteiger partial charge in [-0.1, -0.05) is 13.8 Å². The van der Waals surface area contributed by atoms with Gasteiger partial charge in [0.1, 0.15) is 5.82 Å². The summed E-state index contributed by atoms with van der Waals surface area (Å²) in [6.45, 7) is 4.58. The van der Waals surface area contributed by atoms with Gasteiger partial charge in [-0.3, -0.25) is 0 Å². The van der Waals surface area contributed by atoms with Crippen LogP contribution in [0.25, 0.3) is 11.0 Å². The summed E-state index contributed by atoms with van der Waals surface area (Å²) in [5.74, 6) is 1.64. The van der Waals surface area contributed by atoms with Gasteiger partial charge in [0.25, 0.3) is 0 Å². The van der Waals surface area contributed by atoms with Gasteiger partial charge < -0.3 is 10.3 Å². The highest BCUT2D eigenvalue weighted by Crippen LogP contribution is 2.38. The second-order valence-electron chi connectivity index (χ2n) is 6.04. The van der Waals surface area contributed by atoms with Crippen LogP contribution in [0.2, 0.25) is 0 Å². The van der Waals surface area contributed by atoms with Crippen LogP contribution < -0.4 is 5.73 Å². The predicted molar refractivity (Wildman–Crippen MR) is 75.3 cm³/mol. The van der Waals surface area contributed by atoms with Crippen LogP contribution in [0.15, 0.2) is 18.2 Å². The number of nitrogens with two attached hydrogens (primary N) is 1. The molecular weight excluding hydrogens is 241 g/mol. The molecule has 3 nitrogen and oxygen atoms in total. The molecule has 0 spiro atoms. The lowest BCUT2D eigenvalue weighted by Crippen LogP contribution is -2.23. The van der Waals surface area contributed by atoms with Crippen molar-refractivity contribution >= 4 is 17.0 Å². The number of fused-ring (bicyclic) bond motifs is 1. The minimum atomic E-state index is -0.262. The summed E-state index contributed by atoms with van der Waals surface area (Å²) < 4.78 is 15.4. The average molecular weight is 261 g/mol. The Morgan fingerprint density at radius 1 is 1.21 bits per heavy atom. The lowest BCUT2D eigenvalue weighted by atomic mass is 9.80. The highest BCUT2D eigenvalue weighted by Gasteiger charge is 2.27. The summed E-state index contributed by atoms with van der Waals surface area (Å²) in [5.41, 5.74) is 7.66. The highest BCUT2D eigenvalue weighted by molar-refractivity contribution is 5.78. The summed E-state index contributed by atoms with van der Waals surface area (Å²) in [5, 5.41) is 0. The molecule has 0 amide bonds. The van der Waals surface area contributed by atoms with Crippen molar-refractivity contribution in [2.24, 2.45) is 11.8 Å². The topological polar surface area (TPSA) is 43.8 Å². The molecule has 2 N–H and O–H groups in total. The van der Waals surface area contributed by atoms with E-state index in [2.05, 4.69) is 23.4 Å². The predicted octanol–water partition coefficient (Wildman–Crippen LogP) is 3.75. The van der Waals surface area contributed by atoms with Gasteiger partial charge in [-0.05, 0) is 43.2 Å². The molecule has 0 bridgehead atoms. The first-order chi connectivity index (χ1) is 9.04. The van der Waals surface area contributed by atoms with Crippen molar-refractivity contribution in [2.45, 2.75) is 39.2 Å². The van der Waals surface area contributed by atoms with Gasteiger partial charge in [-0.2, -0.15) is 0 Å². The Balaban J connectivity index is 2.06. The molecule has 1 saturated carbocycles. The molecule has 102 valence electrons. The third kappa shape index (κ3) is 2.20. The van der Waals surface area contributed by atoms with E-state index in [4.69, 9.17) is 5.73 Å². The molecule has 1 aromatic heterocycles. The van der Waals surface area contributed by atoms with E-state index in [1.54, 1.807) is 6.07 Å². The standard InChI is InChI=1S/C15H20FN3/c1-9-5-10(2)7-12(6-9)19-14-4-3-11(16)8-13(14)18-15(19)17/h3-4,8-10,12H,5-7H2,1-2H3,(H2,17,18). The molecule has 4 heteroatoms. The van der Waals surface area contributed by atoms with Crippen molar-refractivity contribution in [3.63, 3.8) is 0 Å². The largest absolute Gasteiger partial charge is 0.369 e. The van der Waals surface area contributed by atoms with Crippen LogP contribution in [0.3, 0.4) is 0 Å². The molecule has 1 fully saturated rings. The van der Waals surface area contributed by atoms with Crippen LogP contribution in [0.1, 0.15) is 39.2 Å². The average Bonchev–Trinajstić information content (AvgIpc) is 2.62. The Morgan fingerprint density at radius 3 is 2.58 bits per heavy atom. The molecule has 1 aliphatic rings. The molecule has 1 aliphatic carbocycles. The van der Waals surface area contributed by atoms with Crippen LogP contribution in [0, 0.1) is 17.7 Å². The van der Waals surface area contributed by atoms with Crippen LogP contribution in [-0.2, 0) is 0 Å². The normalized spacial score (nSPS) is 27.8. The number of imidazole rings is 1. The van der Waals surface area contributed by atoms with Gasteiger partial charge in [-0.25, -0.2) is 9.37 Å². The minimum absolute atomic E-state index is 0.262. The van der Waals surface area contributed by atoms with Gasteiger partial charge in [0, 0.05) is 12.1 Å². The SMILES string of the molecule is CC1CC(C)CC(n2c(N)nc3cc(F)ccc32)C1. The van der Waals surface area contributed by atoms with E-state index >= 15 is 0 Å². The van der Waals surface area contributed by atoms with E-state index in [0.717, 1.165) is 18.4 Å². The third-order valence-corrected chi connectivity index (χ3v) is 4.20. The van der Waals surface area contributed by atoms with Crippen molar-refractivity contribution in [2.75, 3.05) is 5.73 Å². The highest BCUT2D eigenvalue weighted by atomic mass is 19.1. The van der Waals surface area contributed by atoms with Crippen LogP contribution in [0.4, 0.5) is 10.3 Å². The van der Waals surface area contributed by atoms with Gasteiger partial charge in [0.2, 0.25) is 5.95 Å². The number of anilines is 1. The molecule has 3 rings (SSSR count). The summed E-state index contributed by atoms with van der Waals surface area (Å²) in [4.78, 5) is 4.30. The number of halogens is 1. The van der Waals surface area contributed by atoms with Crippen LogP contribution >= 0.6 is 0 Å². The van der Waals surface area contributed by atoms with Gasteiger partial charge in [0.15, 0.2) is 0 Å². The molecular formula is C15H20FN3. The first-order valence-corrected chi connectivity index (χ1v) is 6.97. The van der Waals surface area contributed by atoms with E-state index in [0.29, 0.717) is 29.3 Å². The number of rotatable bonds is 1. The summed E-state index contributed by atoms with van der Waals surface area (Å²) in [6, 6.07) is 5.11. The molecule has 2 atom stereocenters. The number of aromatic nitrogens is 2. The summed E-state index contributed by atoms with van der Waals surface area (Å²) in [7, 11) is 0. The van der Waals surface area contributed by atoms with Crippen molar-refractivity contribution in [3.8, 4) is 0 Å². The zero-order valence-corrected chi connectivity index (χ0v) is 11.4. The summed E-state index contributed by atoms with van der Waals surface area (Å²) >= 11 is 0. The monoisotopic (exact) mass is 261 g/mol. The second kappa shape index (κ2) is 4.51. The third-order valence-electron chi connectivity index (χ3n) is 4.20. The van der Waals surface area contributed by atoms with Gasteiger partial charge in [0.05, 0.1) is 11.0 Å². The minimum Gasteiger partial charge on any atom is -0.369 e. The zero-order valence-electron chi connectivity index (χ0n) is 11.4. The lowest BCUT2D eigenvalue weighted by Gasteiger charge is -2.33. The Hall–Kier alpha value is -1.58. The van der Waals surface area contributed by atoms with Crippen LogP contribution in [-0.4, -0.2) is 9.55 Å². The second-order valence-corrected chi connectivity index (χ2v) is 6.04. The maximum Gasteiger partial charge on any atom is 0.201 e. The first-order valence-electron chi connectivity index (χ1n) is 6.97. The zero-order chi connectivity index (χ0) is 13.6. The molecule has 0 saturated heterocycles. The molecule has 19 heavy (non-hydrogen) atoms. The Bertz CT molecular complexity index is 595. The fraction of sp³-hybridized carbons (Fsp3) is 0.533. The number of benzene rings is 1. The van der Waals surface area contributed by atoms with Crippen molar-refractivity contribution < 1.29 is 4.39 Å². The van der Waals surface area contributed by atoms with E-state index in [1.165, 1.54) is 18.6 Å². The number of nitrogen functional groups attached to an aromatic ring is 1. The van der Waals surface area contributed by atoms with Gasteiger partial charge >= 0.3 is 0 Å². The summed E-state index contributed by atoms with van der Waals surface area (Å²) in [6.07, 6.45) is 3.52. The van der Waals surface area contributed by atoms with Crippen LogP contribution in [0.5, 0.6) is 0 Å². The Labute approximate surface area is 112 Å². The van der Waals surface area contributed by atoms with E-state index in [1.807, 2.05) is 0 Å². The number of nitrogens with zero attached hydrogens (tertiary/aromatic N) is 2. The molecule has 1 aromatic carbocycles. The molecule has 1 heterocycles. The Morgan fingerprint density at radius 2 is 1.89 bits per heavy atom. The molecule has 0 aliphatic heterocycles. The lowest BCUT2D eigenvalue weighted by molar-refractivity contribution is 0.226. The van der Waals surface area contributed by atoms with Crippen molar-refractivity contribution in [1.82, 2.24) is 9.55 Å². The molecule has 2 aromatic rings. The maximum atomic E-state index is 13.3. The van der Waals surface area contributed by atoms with E-state index in [9.17, 15) is 4.39 Å². The maximum absolute atomic E-state index is 13.3. The van der Waals surface area contributed by atoms with Gasteiger partial charge in [-0.15, -0.1) is 0 Å². The van der Waals surface area contributed by atoms with E-state index in [-0.39, 0.29) is 5.82 Å². The first kappa shape index (κ1) is 12.5. The molecule has 2 unspecified atom stereocenters. The molecule has 0 radical (unpaired) electrons.